The van der Waals surface area contributed by atoms with E-state index < -0.39 is 0 Å². The highest BCUT2D eigenvalue weighted by Gasteiger charge is 2.01. The van der Waals surface area contributed by atoms with E-state index in [-0.39, 0.29) is 0 Å². The minimum absolute atomic E-state index is 0.888. The van der Waals surface area contributed by atoms with E-state index in [0.29, 0.717) is 0 Å². The summed E-state index contributed by atoms with van der Waals surface area (Å²) < 4.78 is 1.21. The first-order chi connectivity index (χ1) is 5.22. The molecule has 0 saturated heterocycles. The molecule has 0 saturated carbocycles. The monoisotopic (exact) mass is 261 g/mol. The lowest BCUT2D eigenvalue weighted by molar-refractivity contribution is 0.968. The minimum atomic E-state index is 0.888. The summed E-state index contributed by atoms with van der Waals surface area (Å²) in [6.45, 7) is 2.14. The van der Waals surface area contributed by atoms with Crippen molar-refractivity contribution in [2.45, 2.75) is 19.8 Å². The second-order valence-corrected chi connectivity index (χ2v) is 3.76. The Balaban J connectivity index is 2.95. The number of nitrogens with two attached hydrogens (primary N) is 1. The Morgan fingerprint density at radius 3 is 3.00 bits per heavy atom. The first kappa shape index (κ1) is 8.84. The third-order valence-corrected chi connectivity index (χ3v) is 3.27. The van der Waals surface area contributed by atoms with Crippen LogP contribution in [0.5, 0.6) is 0 Å². The van der Waals surface area contributed by atoms with Crippen LogP contribution in [-0.4, -0.2) is 0 Å². The van der Waals surface area contributed by atoms with Gasteiger partial charge in [-0.3, -0.25) is 0 Å². The smallest absolute Gasteiger partial charge is 0.0449 e. The van der Waals surface area contributed by atoms with E-state index in [2.05, 4.69) is 35.6 Å². The molecule has 0 aliphatic heterocycles. The Kier molecular flexibility index (Phi) is 3.17. The highest BCUT2D eigenvalue weighted by molar-refractivity contribution is 14.1. The van der Waals surface area contributed by atoms with Crippen LogP contribution in [0, 0.1) is 0 Å². The predicted octanol–water partition coefficient (Wildman–Crippen LogP) is 2.89. The lowest BCUT2D eigenvalue weighted by Crippen LogP contribution is -1.99. The quantitative estimate of drug-likeness (QED) is 0.666. The molecule has 0 atom stereocenters. The van der Waals surface area contributed by atoms with Crippen molar-refractivity contribution in [1.29, 1.82) is 0 Å². The fraction of sp³-hybridized carbons (Fsp3) is 0.333. The van der Waals surface area contributed by atoms with E-state index in [9.17, 15) is 0 Å². The first-order valence-electron chi connectivity index (χ1n) is 3.69. The van der Waals surface area contributed by atoms with Crippen LogP contribution >= 0.6 is 22.6 Å². The molecule has 0 bridgehead atoms. The zero-order valence-electron chi connectivity index (χ0n) is 6.60. The van der Waals surface area contributed by atoms with Crippen LogP contribution in [0.1, 0.15) is 19.8 Å². The molecule has 0 unspecified atom stereocenters. The number of hydrogen-bond acceptors (Lipinski definition) is 1. The van der Waals surface area contributed by atoms with E-state index in [1.165, 1.54) is 9.15 Å². The summed E-state index contributed by atoms with van der Waals surface area (Å²) in [5, 5.41) is 0. The summed E-state index contributed by atoms with van der Waals surface area (Å²) in [7, 11) is 0. The number of rotatable bonds is 0. The number of allylic oxidation sites excluding steroid dienone is 5. The van der Waals surface area contributed by atoms with Gasteiger partial charge in [-0.2, -0.15) is 0 Å². The molecule has 2 N–H and O–H groups in total. The maximum absolute atomic E-state index is 5.78. The van der Waals surface area contributed by atoms with Gasteiger partial charge >= 0.3 is 0 Å². The Labute approximate surface area is 81.2 Å². The third kappa shape index (κ3) is 2.36. The fourth-order valence-electron chi connectivity index (χ4n) is 0.997. The summed E-state index contributed by atoms with van der Waals surface area (Å²) in [5.74, 6) is 0. The maximum atomic E-state index is 5.78. The summed E-state index contributed by atoms with van der Waals surface area (Å²) in [6.07, 6.45) is 8.40. The van der Waals surface area contributed by atoms with Gasteiger partial charge in [-0.25, -0.2) is 0 Å². The molecule has 11 heavy (non-hydrogen) atoms. The molecule has 1 rings (SSSR count). The summed E-state index contributed by atoms with van der Waals surface area (Å²) >= 11 is 2.30. The molecule has 0 aromatic carbocycles. The van der Waals surface area contributed by atoms with Gasteiger partial charge in [0.15, 0.2) is 0 Å². The third-order valence-electron chi connectivity index (χ3n) is 1.73. The van der Waals surface area contributed by atoms with Crippen molar-refractivity contribution < 1.29 is 0 Å². The largest absolute Gasteiger partial charge is 0.398 e. The van der Waals surface area contributed by atoms with Gasteiger partial charge in [0.05, 0.1) is 0 Å². The van der Waals surface area contributed by atoms with Crippen LogP contribution in [0.2, 0.25) is 0 Å². The van der Waals surface area contributed by atoms with Crippen molar-refractivity contribution in [2.24, 2.45) is 5.73 Å². The number of hydrogen-bond donors (Lipinski definition) is 1. The zero-order valence-corrected chi connectivity index (χ0v) is 8.76. The van der Waals surface area contributed by atoms with E-state index in [1.807, 2.05) is 12.2 Å². The molecule has 1 aliphatic rings. The first-order valence-corrected chi connectivity index (χ1v) is 4.77. The van der Waals surface area contributed by atoms with E-state index in [1.54, 1.807) is 0 Å². The summed E-state index contributed by atoms with van der Waals surface area (Å²) in [5.41, 5.74) is 8.06. The van der Waals surface area contributed by atoms with Crippen molar-refractivity contribution in [3.8, 4) is 0 Å². The Morgan fingerprint density at radius 2 is 2.27 bits per heavy atom. The predicted molar refractivity (Wildman–Crippen MR) is 57.4 cm³/mol. The van der Waals surface area contributed by atoms with Crippen LogP contribution in [0.25, 0.3) is 0 Å². The second kappa shape index (κ2) is 3.95. The Bertz CT molecular complexity index is 236. The van der Waals surface area contributed by atoms with Gasteiger partial charge in [-0.15, -0.1) is 0 Å². The molecule has 2 heteroatoms. The summed E-state index contributed by atoms with van der Waals surface area (Å²) in [4.78, 5) is 0. The average Bonchev–Trinajstić information content (AvgIpc) is 2.00. The van der Waals surface area contributed by atoms with Crippen LogP contribution in [0.4, 0.5) is 0 Å². The van der Waals surface area contributed by atoms with Gasteiger partial charge in [0.1, 0.15) is 0 Å². The second-order valence-electron chi connectivity index (χ2n) is 2.68. The number of halogens is 1. The van der Waals surface area contributed by atoms with Crippen molar-refractivity contribution in [2.75, 3.05) is 0 Å². The normalized spacial score (nSPS) is 33.5. The van der Waals surface area contributed by atoms with Crippen LogP contribution in [0.15, 0.2) is 33.1 Å². The van der Waals surface area contributed by atoms with Crippen molar-refractivity contribution in [1.82, 2.24) is 0 Å². The average molecular weight is 261 g/mol. The molecular weight excluding hydrogens is 249 g/mol. The lowest BCUT2D eigenvalue weighted by Gasteiger charge is -2.06. The highest BCUT2D eigenvalue weighted by Crippen LogP contribution is 2.23. The Morgan fingerprint density at radius 1 is 1.55 bits per heavy atom. The molecule has 0 amide bonds. The van der Waals surface area contributed by atoms with E-state index in [4.69, 9.17) is 5.73 Å². The molecule has 1 nitrogen and oxygen atoms in total. The van der Waals surface area contributed by atoms with Gasteiger partial charge in [-0.05, 0) is 48.4 Å². The van der Waals surface area contributed by atoms with Crippen molar-refractivity contribution in [3.05, 3.63) is 33.1 Å². The van der Waals surface area contributed by atoms with Crippen molar-refractivity contribution >= 4 is 22.6 Å². The standard InChI is InChI=1S/C9H12IN/c1-7-5-3-2-4-6-8(11)9(7)10/h2,4,6H,3,5,11H2,1H3/b4-2-,8-6+,9-7-. The topological polar surface area (TPSA) is 26.0 Å². The summed E-state index contributed by atoms with van der Waals surface area (Å²) in [6, 6.07) is 0. The van der Waals surface area contributed by atoms with Gasteiger partial charge < -0.3 is 5.73 Å². The van der Waals surface area contributed by atoms with Gasteiger partial charge in [0.25, 0.3) is 0 Å². The molecule has 0 aromatic heterocycles. The van der Waals surface area contributed by atoms with Gasteiger partial charge in [-0.1, -0.05) is 17.7 Å². The highest BCUT2D eigenvalue weighted by atomic mass is 127. The van der Waals surface area contributed by atoms with Crippen LogP contribution in [-0.2, 0) is 0 Å². The Hall–Kier alpha value is -0.250. The fourth-order valence-corrected chi connectivity index (χ4v) is 1.45. The zero-order chi connectivity index (χ0) is 8.27. The molecule has 60 valence electrons. The van der Waals surface area contributed by atoms with Crippen LogP contribution < -0.4 is 5.73 Å². The SMILES string of the molecule is C\C1=C(I)/C(N)=C\C=C/CC1. The maximum Gasteiger partial charge on any atom is 0.0449 e. The molecule has 0 radical (unpaired) electrons. The lowest BCUT2D eigenvalue weighted by atomic mass is 10.1. The minimum Gasteiger partial charge on any atom is -0.398 e. The molecule has 0 aromatic rings. The van der Waals surface area contributed by atoms with Crippen LogP contribution in [0.3, 0.4) is 0 Å². The van der Waals surface area contributed by atoms with Crippen molar-refractivity contribution in [3.63, 3.8) is 0 Å². The molecular formula is C9H12IN. The molecule has 1 aliphatic carbocycles. The van der Waals surface area contributed by atoms with Gasteiger partial charge in [0.2, 0.25) is 0 Å². The van der Waals surface area contributed by atoms with E-state index >= 15 is 0 Å². The van der Waals surface area contributed by atoms with Gasteiger partial charge in [0, 0.05) is 9.28 Å². The molecule has 0 heterocycles. The molecule has 0 spiro atoms. The van der Waals surface area contributed by atoms with E-state index in [0.717, 1.165) is 18.5 Å². The molecule has 0 fully saturated rings.